The lowest BCUT2D eigenvalue weighted by Crippen LogP contribution is -1.80. The zero-order valence-corrected chi connectivity index (χ0v) is 11.0. The molecule has 1 aromatic heterocycles. The van der Waals surface area contributed by atoms with Crippen LogP contribution in [0.15, 0.2) is 57.4 Å². The minimum atomic E-state index is 0.941. The van der Waals surface area contributed by atoms with Crippen LogP contribution in [0.3, 0.4) is 0 Å². The fourth-order valence-corrected chi connectivity index (χ4v) is 2.65. The molecular formula is C15H11BrO. The third kappa shape index (κ3) is 1.69. The first-order valence-corrected chi connectivity index (χ1v) is 6.29. The van der Waals surface area contributed by atoms with Crippen molar-refractivity contribution >= 4 is 26.9 Å². The van der Waals surface area contributed by atoms with E-state index in [-0.39, 0.29) is 0 Å². The van der Waals surface area contributed by atoms with Crippen molar-refractivity contribution in [2.45, 2.75) is 6.92 Å². The molecule has 0 amide bonds. The predicted octanol–water partition coefficient (Wildman–Crippen LogP) is 5.17. The first-order valence-electron chi connectivity index (χ1n) is 5.50. The lowest BCUT2D eigenvalue weighted by molar-refractivity contribution is 0.580. The largest absolute Gasteiger partial charge is 0.461 e. The van der Waals surface area contributed by atoms with Gasteiger partial charge in [-0.3, -0.25) is 0 Å². The molecule has 17 heavy (non-hydrogen) atoms. The Kier molecular flexibility index (Phi) is 2.52. The lowest BCUT2D eigenvalue weighted by atomic mass is 10.0. The van der Waals surface area contributed by atoms with Gasteiger partial charge in [0.1, 0.15) is 11.3 Å². The number of hydrogen-bond acceptors (Lipinski definition) is 1. The molecule has 2 aromatic carbocycles. The van der Waals surface area contributed by atoms with Gasteiger partial charge in [0.15, 0.2) is 0 Å². The molecule has 0 radical (unpaired) electrons. The Hall–Kier alpha value is -1.54. The molecular weight excluding hydrogens is 276 g/mol. The average Bonchev–Trinajstić information content (AvgIpc) is 2.66. The van der Waals surface area contributed by atoms with Gasteiger partial charge in [0, 0.05) is 15.4 Å². The molecule has 0 saturated carbocycles. The second-order valence-corrected chi connectivity index (χ2v) is 4.86. The normalized spacial score (nSPS) is 10.9. The third-order valence-electron chi connectivity index (χ3n) is 2.91. The maximum absolute atomic E-state index is 5.79. The summed E-state index contributed by atoms with van der Waals surface area (Å²) in [5.74, 6) is 0.957. The fourth-order valence-electron chi connectivity index (χ4n) is 2.17. The number of halogens is 1. The van der Waals surface area contributed by atoms with Crippen molar-refractivity contribution in [1.82, 2.24) is 0 Å². The van der Waals surface area contributed by atoms with E-state index in [1.807, 2.05) is 37.3 Å². The molecule has 0 aliphatic heterocycles. The molecule has 1 heterocycles. The maximum Gasteiger partial charge on any atom is 0.134 e. The van der Waals surface area contributed by atoms with Crippen molar-refractivity contribution in [2.24, 2.45) is 0 Å². The van der Waals surface area contributed by atoms with Crippen LogP contribution >= 0.6 is 15.9 Å². The summed E-state index contributed by atoms with van der Waals surface area (Å²) in [5, 5.41) is 1.16. The van der Waals surface area contributed by atoms with Crippen LogP contribution in [0.25, 0.3) is 22.1 Å². The molecule has 0 N–H and O–H groups in total. The van der Waals surface area contributed by atoms with Gasteiger partial charge in [0.25, 0.3) is 0 Å². The van der Waals surface area contributed by atoms with Gasteiger partial charge in [-0.2, -0.15) is 0 Å². The number of furan rings is 1. The van der Waals surface area contributed by atoms with Gasteiger partial charge in [-0.1, -0.05) is 52.3 Å². The maximum atomic E-state index is 5.79. The Morgan fingerprint density at radius 2 is 1.65 bits per heavy atom. The summed E-state index contributed by atoms with van der Waals surface area (Å²) in [7, 11) is 0. The van der Waals surface area contributed by atoms with E-state index in [0.717, 1.165) is 21.2 Å². The third-order valence-corrected chi connectivity index (χ3v) is 3.61. The van der Waals surface area contributed by atoms with Gasteiger partial charge in [0.2, 0.25) is 0 Å². The van der Waals surface area contributed by atoms with E-state index in [4.69, 9.17) is 4.42 Å². The van der Waals surface area contributed by atoms with Crippen LogP contribution in [0, 0.1) is 6.92 Å². The quantitative estimate of drug-likeness (QED) is 0.601. The van der Waals surface area contributed by atoms with Crippen molar-refractivity contribution in [2.75, 3.05) is 0 Å². The zero-order chi connectivity index (χ0) is 11.8. The molecule has 2 heteroatoms. The summed E-state index contributed by atoms with van der Waals surface area (Å²) in [6.45, 7) is 2.01. The van der Waals surface area contributed by atoms with E-state index < -0.39 is 0 Å². The van der Waals surface area contributed by atoms with Gasteiger partial charge in [-0.05, 0) is 24.6 Å². The number of benzene rings is 2. The van der Waals surface area contributed by atoms with Crippen molar-refractivity contribution < 1.29 is 4.42 Å². The summed E-state index contributed by atoms with van der Waals surface area (Å²) in [6.07, 6.45) is 0. The molecule has 1 nitrogen and oxygen atoms in total. The first kappa shape index (κ1) is 10.6. The molecule has 84 valence electrons. The summed E-state index contributed by atoms with van der Waals surface area (Å²) >= 11 is 3.60. The average molecular weight is 287 g/mol. The summed E-state index contributed by atoms with van der Waals surface area (Å²) in [5.41, 5.74) is 3.29. The van der Waals surface area contributed by atoms with Crippen LogP contribution in [-0.4, -0.2) is 0 Å². The van der Waals surface area contributed by atoms with Crippen LogP contribution in [0.2, 0.25) is 0 Å². The highest BCUT2D eigenvalue weighted by molar-refractivity contribution is 9.10. The van der Waals surface area contributed by atoms with Crippen molar-refractivity contribution in [3.63, 3.8) is 0 Å². The number of aryl methyl sites for hydroxylation is 1. The fraction of sp³-hybridized carbons (Fsp3) is 0.0667. The van der Waals surface area contributed by atoms with Crippen molar-refractivity contribution in [1.29, 1.82) is 0 Å². The van der Waals surface area contributed by atoms with E-state index >= 15 is 0 Å². The number of para-hydroxylation sites is 1. The van der Waals surface area contributed by atoms with Crippen LogP contribution in [0.1, 0.15) is 5.76 Å². The molecule has 0 spiro atoms. The van der Waals surface area contributed by atoms with Crippen molar-refractivity contribution in [3.05, 3.63) is 58.8 Å². The van der Waals surface area contributed by atoms with Crippen LogP contribution < -0.4 is 0 Å². The van der Waals surface area contributed by atoms with Crippen LogP contribution in [-0.2, 0) is 0 Å². The highest BCUT2D eigenvalue weighted by Gasteiger charge is 2.13. The van der Waals surface area contributed by atoms with Gasteiger partial charge in [0.05, 0.1) is 0 Å². The lowest BCUT2D eigenvalue weighted by Gasteiger charge is -2.03. The molecule has 0 atom stereocenters. The summed E-state index contributed by atoms with van der Waals surface area (Å²) < 4.78 is 6.88. The van der Waals surface area contributed by atoms with E-state index in [1.165, 1.54) is 11.1 Å². The van der Waals surface area contributed by atoms with Gasteiger partial charge >= 0.3 is 0 Å². The van der Waals surface area contributed by atoms with Gasteiger partial charge < -0.3 is 4.42 Å². The highest BCUT2D eigenvalue weighted by atomic mass is 79.9. The molecule has 0 saturated heterocycles. The molecule has 0 bridgehead atoms. The number of hydrogen-bond donors (Lipinski definition) is 0. The highest BCUT2D eigenvalue weighted by Crippen LogP contribution is 2.37. The van der Waals surface area contributed by atoms with Crippen LogP contribution in [0.4, 0.5) is 0 Å². The Morgan fingerprint density at radius 3 is 2.47 bits per heavy atom. The minimum Gasteiger partial charge on any atom is -0.461 e. The van der Waals surface area contributed by atoms with E-state index in [1.54, 1.807) is 0 Å². The molecule has 0 aliphatic carbocycles. The Morgan fingerprint density at radius 1 is 0.941 bits per heavy atom. The molecule has 0 unspecified atom stereocenters. The first-order chi connectivity index (χ1) is 8.27. The summed E-state index contributed by atoms with van der Waals surface area (Å²) in [4.78, 5) is 0. The van der Waals surface area contributed by atoms with Crippen molar-refractivity contribution in [3.8, 4) is 11.1 Å². The topological polar surface area (TPSA) is 13.1 Å². The Labute approximate surface area is 108 Å². The van der Waals surface area contributed by atoms with E-state index in [0.29, 0.717) is 0 Å². The number of rotatable bonds is 1. The second kappa shape index (κ2) is 4.04. The van der Waals surface area contributed by atoms with Crippen LogP contribution in [0.5, 0.6) is 0 Å². The Bertz CT molecular complexity index is 682. The molecule has 0 aliphatic rings. The molecule has 0 fully saturated rings. The standard InChI is InChI=1S/C15H11BrO/c1-10-15(11-6-2-4-8-13(11)16)12-7-3-5-9-14(12)17-10/h2-9H,1H3. The number of fused-ring (bicyclic) bond motifs is 1. The summed E-state index contributed by atoms with van der Waals surface area (Å²) in [6, 6.07) is 16.4. The van der Waals surface area contributed by atoms with Gasteiger partial charge in [-0.25, -0.2) is 0 Å². The monoisotopic (exact) mass is 286 g/mol. The molecule has 3 aromatic rings. The Balaban J connectivity index is 2.38. The smallest absolute Gasteiger partial charge is 0.134 e. The molecule has 3 rings (SSSR count). The van der Waals surface area contributed by atoms with E-state index in [9.17, 15) is 0 Å². The second-order valence-electron chi connectivity index (χ2n) is 4.01. The zero-order valence-electron chi connectivity index (χ0n) is 9.41. The predicted molar refractivity (Wildman–Crippen MR) is 74.1 cm³/mol. The van der Waals surface area contributed by atoms with Gasteiger partial charge in [-0.15, -0.1) is 0 Å². The SMILES string of the molecule is Cc1oc2ccccc2c1-c1ccccc1Br. The van der Waals surface area contributed by atoms with E-state index in [2.05, 4.69) is 34.1 Å². The minimum absolute atomic E-state index is 0.941.